The number of nitrogens with zero attached hydrogens (tertiary/aromatic N) is 1. The summed E-state index contributed by atoms with van der Waals surface area (Å²) in [4.78, 5) is 16.4. The highest BCUT2D eigenvalue weighted by Gasteiger charge is 2.13. The Morgan fingerprint density at radius 1 is 1.35 bits per heavy atom. The van der Waals surface area contributed by atoms with Gasteiger partial charge in [0.2, 0.25) is 0 Å². The Kier molecular flexibility index (Phi) is 4.71. The monoisotopic (exact) mass is 290 g/mol. The lowest BCUT2D eigenvalue weighted by Crippen LogP contribution is -2.15. The molecule has 0 bridgehead atoms. The van der Waals surface area contributed by atoms with E-state index in [2.05, 4.69) is 10.3 Å². The zero-order valence-electron chi connectivity index (χ0n) is 11.3. The molecule has 1 N–H and O–H groups in total. The van der Waals surface area contributed by atoms with E-state index in [1.54, 1.807) is 50.6 Å². The van der Waals surface area contributed by atoms with Crippen LogP contribution in [-0.4, -0.2) is 18.0 Å². The predicted molar refractivity (Wildman–Crippen MR) is 79.1 cm³/mol. The summed E-state index contributed by atoms with van der Waals surface area (Å²) in [6.07, 6.45) is 1.65. The molecule has 1 aromatic heterocycles. The van der Waals surface area contributed by atoms with E-state index in [1.165, 1.54) is 0 Å². The third-order valence-corrected chi connectivity index (χ3v) is 3.26. The fourth-order valence-corrected chi connectivity index (χ4v) is 2.11. The van der Waals surface area contributed by atoms with Crippen molar-refractivity contribution < 1.29 is 9.53 Å². The number of pyridine rings is 1. The van der Waals surface area contributed by atoms with Crippen molar-refractivity contribution in [1.82, 2.24) is 4.98 Å². The van der Waals surface area contributed by atoms with E-state index in [0.29, 0.717) is 28.6 Å². The van der Waals surface area contributed by atoms with Crippen molar-refractivity contribution in [3.8, 4) is 0 Å². The van der Waals surface area contributed by atoms with Gasteiger partial charge in [0.1, 0.15) is 0 Å². The van der Waals surface area contributed by atoms with Crippen LogP contribution >= 0.6 is 11.6 Å². The van der Waals surface area contributed by atoms with Crippen molar-refractivity contribution in [3.63, 3.8) is 0 Å². The quantitative estimate of drug-likeness (QED) is 0.938. The van der Waals surface area contributed by atoms with Crippen LogP contribution in [0.3, 0.4) is 0 Å². The van der Waals surface area contributed by atoms with Crippen LogP contribution < -0.4 is 5.32 Å². The fourth-order valence-electron chi connectivity index (χ4n) is 1.88. The molecule has 0 aliphatic rings. The van der Waals surface area contributed by atoms with Gasteiger partial charge in [-0.25, -0.2) is 0 Å². The Labute approximate surface area is 122 Å². The number of nitrogens with one attached hydrogen (secondary N) is 1. The molecular weight excluding hydrogens is 276 g/mol. The predicted octanol–water partition coefficient (Wildman–Crippen LogP) is 3.44. The number of amides is 1. The van der Waals surface area contributed by atoms with E-state index in [0.717, 1.165) is 5.56 Å². The van der Waals surface area contributed by atoms with E-state index in [-0.39, 0.29) is 5.91 Å². The lowest BCUT2D eigenvalue weighted by molar-refractivity contribution is 0.102. The number of aryl methyl sites for hydroxylation is 1. The Balaban J connectivity index is 2.29. The molecule has 0 aliphatic carbocycles. The van der Waals surface area contributed by atoms with Crippen molar-refractivity contribution in [1.29, 1.82) is 0 Å². The Hall–Kier alpha value is -1.91. The molecule has 0 spiro atoms. The molecule has 0 radical (unpaired) electrons. The molecule has 104 valence electrons. The standard InChI is InChI=1S/C15H15ClN2O2/c1-10-11(5-4-8-17-10)15(19)18-14-7-3-6-13(16)12(14)9-20-2/h3-8H,9H2,1-2H3,(H,18,19). The molecule has 2 aromatic rings. The maximum atomic E-state index is 12.3. The highest BCUT2D eigenvalue weighted by molar-refractivity contribution is 6.31. The molecule has 4 nitrogen and oxygen atoms in total. The number of aromatic nitrogens is 1. The van der Waals surface area contributed by atoms with E-state index < -0.39 is 0 Å². The Morgan fingerprint density at radius 2 is 2.15 bits per heavy atom. The zero-order chi connectivity index (χ0) is 14.5. The van der Waals surface area contributed by atoms with Gasteiger partial charge in [0, 0.05) is 35.3 Å². The Bertz CT molecular complexity index is 629. The maximum Gasteiger partial charge on any atom is 0.257 e. The number of anilines is 1. The van der Waals surface area contributed by atoms with Gasteiger partial charge in [-0.2, -0.15) is 0 Å². The number of carbonyl (C=O) groups is 1. The summed E-state index contributed by atoms with van der Waals surface area (Å²) < 4.78 is 5.11. The van der Waals surface area contributed by atoms with Gasteiger partial charge in [-0.05, 0) is 31.2 Å². The first-order valence-corrected chi connectivity index (χ1v) is 6.50. The lowest BCUT2D eigenvalue weighted by Gasteiger charge is -2.12. The molecular formula is C15H15ClN2O2. The van der Waals surface area contributed by atoms with Crippen LogP contribution in [0.25, 0.3) is 0 Å². The number of carbonyl (C=O) groups excluding carboxylic acids is 1. The van der Waals surface area contributed by atoms with Crippen molar-refractivity contribution in [3.05, 3.63) is 58.4 Å². The summed E-state index contributed by atoms with van der Waals surface area (Å²) in [5, 5.41) is 3.41. The Morgan fingerprint density at radius 3 is 2.85 bits per heavy atom. The summed E-state index contributed by atoms with van der Waals surface area (Å²) >= 11 is 6.13. The van der Waals surface area contributed by atoms with Crippen molar-refractivity contribution in [2.45, 2.75) is 13.5 Å². The minimum absolute atomic E-state index is 0.213. The van der Waals surface area contributed by atoms with Crippen LogP contribution in [0.1, 0.15) is 21.6 Å². The highest BCUT2D eigenvalue weighted by atomic mass is 35.5. The molecule has 20 heavy (non-hydrogen) atoms. The number of rotatable bonds is 4. The molecule has 0 atom stereocenters. The minimum Gasteiger partial charge on any atom is -0.380 e. The number of benzene rings is 1. The van der Waals surface area contributed by atoms with Gasteiger partial charge in [-0.1, -0.05) is 17.7 Å². The van der Waals surface area contributed by atoms with Crippen molar-refractivity contribution in [2.24, 2.45) is 0 Å². The van der Waals surface area contributed by atoms with Crippen LogP contribution in [0.15, 0.2) is 36.5 Å². The molecule has 1 heterocycles. The van der Waals surface area contributed by atoms with Gasteiger partial charge < -0.3 is 10.1 Å². The third kappa shape index (κ3) is 3.15. The summed E-state index contributed by atoms with van der Waals surface area (Å²) in [5.74, 6) is -0.213. The molecule has 1 aromatic carbocycles. The van der Waals surface area contributed by atoms with E-state index in [9.17, 15) is 4.79 Å². The summed E-state index contributed by atoms with van der Waals surface area (Å²) in [6, 6.07) is 8.81. The number of halogens is 1. The minimum atomic E-state index is -0.213. The van der Waals surface area contributed by atoms with Gasteiger partial charge in [0.15, 0.2) is 0 Å². The molecule has 0 saturated heterocycles. The van der Waals surface area contributed by atoms with Crippen LogP contribution in [0.5, 0.6) is 0 Å². The van der Waals surface area contributed by atoms with Crippen LogP contribution in [0.4, 0.5) is 5.69 Å². The highest BCUT2D eigenvalue weighted by Crippen LogP contribution is 2.25. The normalized spacial score (nSPS) is 10.3. The van der Waals surface area contributed by atoms with Crippen molar-refractivity contribution in [2.75, 3.05) is 12.4 Å². The van der Waals surface area contributed by atoms with Gasteiger partial charge in [0.05, 0.1) is 12.2 Å². The van der Waals surface area contributed by atoms with E-state index in [1.807, 2.05) is 0 Å². The molecule has 0 fully saturated rings. The second-order valence-electron chi connectivity index (χ2n) is 4.29. The first-order valence-electron chi connectivity index (χ1n) is 6.12. The molecule has 5 heteroatoms. The molecule has 0 aliphatic heterocycles. The SMILES string of the molecule is COCc1c(Cl)cccc1NC(=O)c1cccnc1C. The van der Waals surface area contributed by atoms with Gasteiger partial charge in [-0.15, -0.1) is 0 Å². The topological polar surface area (TPSA) is 51.2 Å². The van der Waals surface area contributed by atoms with Crippen molar-refractivity contribution >= 4 is 23.2 Å². The lowest BCUT2D eigenvalue weighted by atomic mass is 10.1. The average molecular weight is 291 g/mol. The smallest absolute Gasteiger partial charge is 0.257 e. The number of hydrogen-bond donors (Lipinski definition) is 1. The maximum absolute atomic E-state index is 12.3. The van der Waals surface area contributed by atoms with Gasteiger partial charge in [-0.3, -0.25) is 9.78 Å². The number of ether oxygens (including phenoxy) is 1. The summed E-state index contributed by atoms with van der Waals surface area (Å²) in [7, 11) is 1.58. The van der Waals surface area contributed by atoms with Crippen LogP contribution in [0, 0.1) is 6.92 Å². The second kappa shape index (κ2) is 6.50. The van der Waals surface area contributed by atoms with Crippen LogP contribution in [0.2, 0.25) is 5.02 Å². The van der Waals surface area contributed by atoms with Crippen LogP contribution in [-0.2, 0) is 11.3 Å². The first kappa shape index (κ1) is 14.5. The number of methoxy groups -OCH3 is 1. The summed E-state index contributed by atoms with van der Waals surface area (Å²) in [5.41, 5.74) is 2.62. The molecule has 0 saturated carbocycles. The van der Waals surface area contributed by atoms with E-state index in [4.69, 9.17) is 16.3 Å². The third-order valence-electron chi connectivity index (χ3n) is 2.91. The van der Waals surface area contributed by atoms with E-state index >= 15 is 0 Å². The largest absolute Gasteiger partial charge is 0.380 e. The summed E-state index contributed by atoms with van der Waals surface area (Å²) in [6.45, 7) is 2.13. The second-order valence-corrected chi connectivity index (χ2v) is 4.70. The van der Waals surface area contributed by atoms with Gasteiger partial charge in [0.25, 0.3) is 5.91 Å². The number of hydrogen-bond acceptors (Lipinski definition) is 3. The average Bonchev–Trinajstić information content (AvgIpc) is 2.43. The fraction of sp³-hybridized carbons (Fsp3) is 0.200. The first-order chi connectivity index (χ1) is 9.63. The molecule has 0 unspecified atom stereocenters. The molecule has 1 amide bonds. The zero-order valence-corrected chi connectivity index (χ0v) is 12.1. The molecule has 2 rings (SSSR count). The van der Waals surface area contributed by atoms with Gasteiger partial charge >= 0.3 is 0 Å².